The van der Waals surface area contributed by atoms with Crippen LogP contribution in [0.4, 0.5) is 0 Å². The van der Waals surface area contributed by atoms with E-state index in [0.29, 0.717) is 29.0 Å². The maximum Gasteiger partial charge on any atom is 0.270 e. The Morgan fingerprint density at radius 2 is 1.80 bits per heavy atom. The van der Waals surface area contributed by atoms with Gasteiger partial charge in [-0.25, -0.2) is 9.97 Å². The van der Waals surface area contributed by atoms with E-state index in [-0.39, 0.29) is 30.7 Å². The van der Waals surface area contributed by atoms with E-state index in [1.54, 1.807) is 41.1 Å². The summed E-state index contributed by atoms with van der Waals surface area (Å²) in [4.78, 5) is 40.7. The van der Waals surface area contributed by atoms with Crippen LogP contribution >= 0.6 is 11.3 Å². The molecular weight excluding hydrogens is 524 g/mol. The van der Waals surface area contributed by atoms with E-state index in [1.165, 1.54) is 11.3 Å². The number of amides is 2. The normalized spacial score (nSPS) is 12.0. The number of rotatable bonds is 10. The number of benzene rings is 1. The molecule has 0 saturated heterocycles. The molecule has 2 amide bonds. The van der Waals surface area contributed by atoms with E-state index in [1.807, 2.05) is 55.6 Å². The van der Waals surface area contributed by atoms with Crippen molar-refractivity contribution in [1.82, 2.24) is 30.0 Å². The summed E-state index contributed by atoms with van der Waals surface area (Å²) in [6, 6.07) is 18.2. The fourth-order valence-electron chi connectivity index (χ4n) is 4.51. The summed E-state index contributed by atoms with van der Waals surface area (Å²) in [6.07, 6.45) is 3.94. The molecule has 4 aromatic heterocycles. The zero-order valence-electron chi connectivity index (χ0n) is 22.2. The molecule has 3 N–H and O–H groups in total. The Labute approximate surface area is 236 Å². The summed E-state index contributed by atoms with van der Waals surface area (Å²) in [5.74, 6) is -0.453. The van der Waals surface area contributed by atoms with Crippen molar-refractivity contribution >= 4 is 28.8 Å². The summed E-state index contributed by atoms with van der Waals surface area (Å²) >= 11 is 1.52. The number of pyridine rings is 2. The van der Waals surface area contributed by atoms with Gasteiger partial charge in [-0.3, -0.25) is 19.0 Å². The Morgan fingerprint density at radius 1 is 1.00 bits per heavy atom. The molecule has 10 heteroatoms. The number of aliphatic hydroxyl groups is 1. The summed E-state index contributed by atoms with van der Waals surface area (Å²) in [5.41, 5.74) is 3.53. The average Bonchev–Trinajstić information content (AvgIpc) is 3.61. The van der Waals surface area contributed by atoms with Crippen LogP contribution in [0.1, 0.15) is 46.8 Å². The zero-order chi connectivity index (χ0) is 28.1. The molecule has 204 valence electrons. The Balaban J connectivity index is 1.45. The van der Waals surface area contributed by atoms with Gasteiger partial charge in [-0.2, -0.15) is 0 Å². The van der Waals surface area contributed by atoms with Crippen LogP contribution in [-0.2, 0) is 6.54 Å². The number of thiazole rings is 1. The third kappa shape index (κ3) is 5.93. The van der Waals surface area contributed by atoms with Gasteiger partial charge in [0.15, 0.2) is 5.65 Å². The molecule has 1 atom stereocenters. The maximum atomic E-state index is 13.6. The van der Waals surface area contributed by atoms with Crippen LogP contribution < -0.4 is 10.6 Å². The van der Waals surface area contributed by atoms with Gasteiger partial charge < -0.3 is 15.7 Å². The second-order valence-corrected chi connectivity index (χ2v) is 10.7. The lowest BCUT2D eigenvalue weighted by atomic mass is 10.0. The van der Waals surface area contributed by atoms with Crippen molar-refractivity contribution in [3.05, 3.63) is 95.4 Å². The highest BCUT2D eigenvalue weighted by Gasteiger charge is 2.26. The third-order valence-corrected chi connectivity index (χ3v) is 7.27. The molecule has 0 aliphatic heterocycles. The largest absolute Gasteiger partial charge is 0.394 e. The van der Waals surface area contributed by atoms with Crippen LogP contribution in [0.2, 0.25) is 0 Å². The van der Waals surface area contributed by atoms with Crippen LogP contribution in [0.15, 0.2) is 78.4 Å². The first-order valence-electron chi connectivity index (χ1n) is 13.1. The van der Waals surface area contributed by atoms with Gasteiger partial charge in [0.1, 0.15) is 16.4 Å². The van der Waals surface area contributed by atoms with E-state index < -0.39 is 11.9 Å². The van der Waals surface area contributed by atoms with Gasteiger partial charge in [-0.15, -0.1) is 11.3 Å². The minimum Gasteiger partial charge on any atom is -0.394 e. The average molecular weight is 555 g/mol. The zero-order valence-corrected chi connectivity index (χ0v) is 23.1. The number of hydrogen-bond acceptors (Lipinski definition) is 7. The Morgan fingerprint density at radius 3 is 2.52 bits per heavy atom. The monoisotopic (exact) mass is 554 g/mol. The molecule has 0 unspecified atom stereocenters. The van der Waals surface area contributed by atoms with Crippen molar-refractivity contribution < 1.29 is 14.7 Å². The summed E-state index contributed by atoms with van der Waals surface area (Å²) in [7, 11) is 0. The second-order valence-electron chi connectivity index (χ2n) is 9.81. The molecule has 5 rings (SSSR count). The highest BCUT2D eigenvalue weighted by atomic mass is 32.1. The second kappa shape index (κ2) is 12.2. The Hall–Kier alpha value is -4.41. The van der Waals surface area contributed by atoms with Gasteiger partial charge in [-0.1, -0.05) is 50.2 Å². The fourth-order valence-corrected chi connectivity index (χ4v) is 5.34. The third-order valence-electron chi connectivity index (χ3n) is 6.33. The number of aromatic nitrogens is 4. The molecule has 0 bridgehead atoms. The van der Waals surface area contributed by atoms with Crippen LogP contribution in [0.3, 0.4) is 0 Å². The molecule has 0 fully saturated rings. The molecule has 9 nitrogen and oxygen atoms in total. The van der Waals surface area contributed by atoms with E-state index in [2.05, 4.69) is 20.6 Å². The molecule has 0 radical (unpaired) electrons. The van der Waals surface area contributed by atoms with Crippen molar-refractivity contribution in [1.29, 1.82) is 0 Å². The highest BCUT2D eigenvalue weighted by molar-refractivity contribution is 7.13. The van der Waals surface area contributed by atoms with Crippen LogP contribution in [-0.4, -0.2) is 48.9 Å². The molecule has 0 saturated carbocycles. The van der Waals surface area contributed by atoms with Crippen molar-refractivity contribution in [3.63, 3.8) is 0 Å². The molecule has 40 heavy (non-hydrogen) atoms. The van der Waals surface area contributed by atoms with Crippen molar-refractivity contribution in [2.24, 2.45) is 5.92 Å². The van der Waals surface area contributed by atoms with Crippen LogP contribution in [0, 0.1) is 5.92 Å². The molecule has 0 aliphatic rings. The van der Waals surface area contributed by atoms with E-state index in [4.69, 9.17) is 4.98 Å². The number of imidazole rings is 1. The van der Waals surface area contributed by atoms with E-state index in [9.17, 15) is 14.7 Å². The Kier molecular flexibility index (Phi) is 8.28. The summed E-state index contributed by atoms with van der Waals surface area (Å²) in [6.45, 7) is 4.12. The number of fused-ring (bicyclic) bond motifs is 1. The molecular formula is C30H30N6O3S. The number of hydrogen-bond donors (Lipinski definition) is 3. The SMILES string of the molecule is CC(C)C[C@@H](CO)NC(=O)c1c(-c2ccccn2)nc2c(C(=O)NCc3csc(-c4ccccc4)n3)cccn12. The number of carbonyl (C=O) groups is 2. The number of carbonyl (C=O) groups excluding carboxylic acids is 2. The lowest BCUT2D eigenvalue weighted by Gasteiger charge is -2.18. The molecule has 0 spiro atoms. The highest BCUT2D eigenvalue weighted by Crippen LogP contribution is 2.26. The van der Waals surface area contributed by atoms with Crippen molar-refractivity contribution in [2.45, 2.75) is 32.9 Å². The van der Waals surface area contributed by atoms with Crippen LogP contribution in [0.5, 0.6) is 0 Å². The molecule has 1 aromatic carbocycles. The molecule has 0 aliphatic carbocycles. The number of nitrogens with one attached hydrogen (secondary N) is 2. The number of aliphatic hydroxyl groups excluding tert-OH is 1. The van der Waals surface area contributed by atoms with Gasteiger partial charge >= 0.3 is 0 Å². The first-order chi connectivity index (χ1) is 19.4. The quantitative estimate of drug-likeness (QED) is 0.232. The summed E-state index contributed by atoms with van der Waals surface area (Å²) < 4.78 is 1.61. The molecule has 5 aromatic rings. The van der Waals surface area contributed by atoms with Crippen molar-refractivity contribution in [3.8, 4) is 22.0 Å². The summed E-state index contributed by atoms with van der Waals surface area (Å²) in [5, 5.41) is 18.5. The lowest BCUT2D eigenvalue weighted by molar-refractivity contribution is 0.0901. The lowest BCUT2D eigenvalue weighted by Crippen LogP contribution is -2.39. The van der Waals surface area contributed by atoms with Gasteiger partial charge in [-0.05, 0) is 36.6 Å². The van der Waals surface area contributed by atoms with Gasteiger partial charge in [0.05, 0.1) is 36.1 Å². The predicted molar refractivity (Wildman–Crippen MR) is 155 cm³/mol. The van der Waals surface area contributed by atoms with Gasteiger partial charge in [0.2, 0.25) is 0 Å². The van der Waals surface area contributed by atoms with E-state index >= 15 is 0 Å². The first-order valence-corrected chi connectivity index (χ1v) is 13.9. The first kappa shape index (κ1) is 27.2. The minimum atomic E-state index is -0.417. The number of nitrogens with zero attached hydrogens (tertiary/aromatic N) is 4. The standard InChI is InChI=1S/C30H30N6O3S/c1-19(2)15-21(17-37)33-29(39)26-25(24-12-6-7-13-31-24)35-27-23(11-8-14-36(26)27)28(38)32-16-22-18-40-30(34-22)20-9-4-3-5-10-20/h3-14,18-19,21,37H,15-17H2,1-2H3,(H,32,38)(H,33,39)/t21-/m0/s1. The molecule has 4 heterocycles. The predicted octanol–water partition coefficient (Wildman–Crippen LogP) is 4.59. The Bertz CT molecular complexity index is 1610. The fraction of sp³-hybridized carbons (Fsp3) is 0.233. The maximum absolute atomic E-state index is 13.6. The minimum absolute atomic E-state index is 0.185. The smallest absolute Gasteiger partial charge is 0.270 e. The van der Waals surface area contributed by atoms with Crippen LogP contribution in [0.25, 0.3) is 27.6 Å². The van der Waals surface area contributed by atoms with Crippen molar-refractivity contribution in [2.75, 3.05) is 6.61 Å². The van der Waals surface area contributed by atoms with Gasteiger partial charge in [0, 0.05) is 23.3 Å². The topological polar surface area (TPSA) is 122 Å². The van der Waals surface area contributed by atoms with Gasteiger partial charge in [0.25, 0.3) is 11.8 Å². The van der Waals surface area contributed by atoms with E-state index in [0.717, 1.165) is 16.3 Å².